The number of carbonyl (C=O) groups is 1. The molecule has 0 fully saturated rings. The topological polar surface area (TPSA) is 51.2 Å². The molecule has 1 N–H and O–H groups in total. The Hall–Kier alpha value is -2.11. The quantitative estimate of drug-likeness (QED) is 0.682. The van der Waals surface area contributed by atoms with Crippen LogP contribution in [0.3, 0.4) is 0 Å². The average molecular weight is 375 g/mol. The van der Waals surface area contributed by atoms with Gasteiger partial charge in [-0.2, -0.15) is 0 Å². The average Bonchev–Trinajstić information content (AvgIpc) is 2.88. The van der Waals surface area contributed by atoms with Crippen LogP contribution in [0, 0.1) is 27.7 Å². The Morgan fingerprint density at radius 3 is 2.48 bits per heavy atom. The lowest BCUT2D eigenvalue weighted by Gasteiger charge is -2.12. The summed E-state index contributed by atoms with van der Waals surface area (Å²) in [6.07, 6.45) is 0. The fourth-order valence-corrected chi connectivity index (χ4v) is 4.23. The number of aryl methyl sites for hydroxylation is 4. The Labute approximate surface area is 155 Å². The molecule has 6 heteroatoms. The highest BCUT2D eigenvalue weighted by molar-refractivity contribution is 7.22. The first-order valence-electron chi connectivity index (χ1n) is 7.90. The van der Waals surface area contributed by atoms with E-state index in [1.807, 2.05) is 32.9 Å². The highest BCUT2D eigenvalue weighted by Gasteiger charge is 2.12. The van der Waals surface area contributed by atoms with Gasteiger partial charge in [0.25, 0.3) is 5.91 Å². The molecule has 3 aromatic rings. The highest BCUT2D eigenvalue weighted by atomic mass is 35.5. The third kappa shape index (κ3) is 3.94. The number of hydrogen-bond acceptors (Lipinski definition) is 4. The van der Waals surface area contributed by atoms with Crippen molar-refractivity contribution in [1.82, 2.24) is 4.98 Å². The van der Waals surface area contributed by atoms with Crippen molar-refractivity contribution in [2.24, 2.45) is 0 Å². The minimum absolute atomic E-state index is 0.0722. The van der Waals surface area contributed by atoms with Crippen LogP contribution in [-0.2, 0) is 4.79 Å². The van der Waals surface area contributed by atoms with Crippen molar-refractivity contribution in [3.63, 3.8) is 0 Å². The molecule has 0 radical (unpaired) electrons. The lowest BCUT2D eigenvalue weighted by molar-refractivity contribution is -0.118. The van der Waals surface area contributed by atoms with Gasteiger partial charge in [0.2, 0.25) is 0 Å². The van der Waals surface area contributed by atoms with Gasteiger partial charge in [0.15, 0.2) is 11.7 Å². The number of fused-ring (bicyclic) bond motifs is 1. The van der Waals surface area contributed by atoms with Crippen LogP contribution in [0.4, 0.5) is 5.13 Å². The molecule has 1 amide bonds. The van der Waals surface area contributed by atoms with E-state index in [1.165, 1.54) is 16.9 Å². The van der Waals surface area contributed by atoms with Gasteiger partial charge in [-0.05, 0) is 68.1 Å². The van der Waals surface area contributed by atoms with Gasteiger partial charge in [-0.25, -0.2) is 4.98 Å². The van der Waals surface area contributed by atoms with E-state index in [4.69, 9.17) is 16.3 Å². The van der Waals surface area contributed by atoms with Gasteiger partial charge in [-0.15, -0.1) is 0 Å². The standard InChI is InChI=1S/C19H19ClN2O2S/c1-10-5-11(2)17-15(6-10)25-19(22-17)21-16(23)9-24-18-12(3)7-14(20)8-13(18)4/h5-8H,9H2,1-4H3,(H,21,22,23). The van der Waals surface area contributed by atoms with Crippen LogP contribution in [0.15, 0.2) is 24.3 Å². The van der Waals surface area contributed by atoms with E-state index in [1.54, 1.807) is 0 Å². The number of carbonyl (C=O) groups excluding carboxylic acids is 1. The molecule has 0 aliphatic rings. The van der Waals surface area contributed by atoms with Crippen LogP contribution >= 0.6 is 22.9 Å². The first kappa shape index (κ1) is 17.7. The lowest BCUT2D eigenvalue weighted by Crippen LogP contribution is -2.20. The summed E-state index contributed by atoms with van der Waals surface area (Å²) in [6.45, 7) is 7.82. The summed E-state index contributed by atoms with van der Waals surface area (Å²) in [4.78, 5) is 16.7. The minimum atomic E-state index is -0.234. The Balaban J connectivity index is 1.70. The zero-order chi connectivity index (χ0) is 18.1. The first-order chi connectivity index (χ1) is 11.8. The predicted octanol–water partition coefficient (Wildman–Crippen LogP) is 5.20. The summed E-state index contributed by atoms with van der Waals surface area (Å²) in [7, 11) is 0. The predicted molar refractivity (Wildman–Crippen MR) is 104 cm³/mol. The van der Waals surface area contributed by atoms with Crippen molar-refractivity contribution in [3.8, 4) is 5.75 Å². The molecule has 1 heterocycles. The summed E-state index contributed by atoms with van der Waals surface area (Å²) in [5.74, 6) is 0.456. The van der Waals surface area contributed by atoms with Gasteiger partial charge in [0.1, 0.15) is 5.75 Å². The number of halogens is 1. The maximum Gasteiger partial charge on any atom is 0.264 e. The number of amides is 1. The molecule has 0 bridgehead atoms. The Morgan fingerprint density at radius 2 is 1.80 bits per heavy atom. The molecule has 3 rings (SSSR count). The molecule has 0 atom stereocenters. The number of hydrogen-bond donors (Lipinski definition) is 1. The van der Waals surface area contributed by atoms with E-state index in [2.05, 4.69) is 29.4 Å². The number of rotatable bonds is 4. The molecule has 0 aliphatic heterocycles. The van der Waals surface area contributed by atoms with Crippen LogP contribution in [-0.4, -0.2) is 17.5 Å². The molecular weight excluding hydrogens is 356 g/mol. The van der Waals surface area contributed by atoms with Gasteiger partial charge in [-0.3, -0.25) is 10.1 Å². The first-order valence-corrected chi connectivity index (χ1v) is 9.10. The molecule has 0 unspecified atom stereocenters. The molecular formula is C19H19ClN2O2S. The number of anilines is 1. The molecule has 1 aromatic heterocycles. The number of thiazole rings is 1. The van der Waals surface area contributed by atoms with Crippen LogP contribution < -0.4 is 10.1 Å². The Kier molecular flexibility index (Phi) is 4.97. The Bertz CT molecular complexity index is 942. The molecule has 25 heavy (non-hydrogen) atoms. The number of nitrogens with one attached hydrogen (secondary N) is 1. The third-order valence-electron chi connectivity index (χ3n) is 3.85. The number of nitrogens with zero attached hydrogens (tertiary/aromatic N) is 1. The van der Waals surface area contributed by atoms with Gasteiger partial charge in [0.05, 0.1) is 10.2 Å². The van der Waals surface area contributed by atoms with Crippen LogP contribution in [0.1, 0.15) is 22.3 Å². The molecule has 2 aromatic carbocycles. The van der Waals surface area contributed by atoms with Crippen molar-refractivity contribution >= 4 is 44.2 Å². The van der Waals surface area contributed by atoms with Gasteiger partial charge in [0, 0.05) is 5.02 Å². The van der Waals surface area contributed by atoms with Gasteiger partial charge >= 0.3 is 0 Å². The monoisotopic (exact) mass is 374 g/mol. The van der Waals surface area contributed by atoms with Crippen molar-refractivity contribution in [3.05, 3.63) is 51.5 Å². The van der Waals surface area contributed by atoms with E-state index >= 15 is 0 Å². The molecule has 4 nitrogen and oxygen atoms in total. The summed E-state index contributed by atoms with van der Waals surface area (Å²) in [5.41, 5.74) is 5.03. The maximum absolute atomic E-state index is 12.2. The smallest absolute Gasteiger partial charge is 0.264 e. The number of benzene rings is 2. The van der Waals surface area contributed by atoms with E-state index in [9.17, 15) is 4.79 Å². The van der Waals surface area contributed by atoms with E-state index in [-0.39, 0.29) is 12.5 Å². The van der Waals surface area contributed by atoms with Crippen molar-refractivity contribution in [2.75, 3.05) is 11.9 Å². The second-order valence-electron chi connectivity index (χ2n) is 6.15. The Morgan fingerprint density at radius 1 is 1.12 bits per heavy atom. The zero-order valence-electron chi connectivity index (χ0n) is 14.6. The van der Waals surface area contributed by atoms with Gasteiger partial charge in [-0.1, -0.05) is 29.0 Å². The van der Waals surface area contributed by atoms with Crippen molar-refractivity contribution < 1.29 is 9.53 Å². The zero-order valence-corrected chi connectivity index (χ0v) is 16.1. The fourth-order valence-electron chi connectivity index (χ4n) is 2.84. The highest BCUT2D eigenvalue weighted by Crippen LogP contribution is 2.30. The number of ether oxygens (including phenoxy) is 1. The largest absolute Gasteiger partial charge is 0.483 e. The van der Waals surface area contributed by atoms with Crippen molar-refractivity contribution in [1.29, 1.82) is 0 Å². The van der Waals surface area contributed by atoms with E-state index in [0.29, 0.717) is 15.9 Å². The summed E-state index contributed by atoms with van der Waals surface area (Å²) in [5, 5.41) is 4.06. The molecule has 0 saturated heterocycles. The normalized spacial score (nSPS) is 10.9. The fraction of sp³-hybridized carbons (Fsp3) is 0.263. The SMILES string of the molecule is Cc1cc(C)c2nc(NC(=O)COc3c(C)cc(Cl)cc3C)sc2c1. The van der Waals surface area contributed by atoms with Crippen LogP contribution in [0.2, 0.25) is 5.02 Å². The number of aromatic nitrogens is 1. The second kappa shape index (κ2) is 7.02. The lowest BCUT2D eigenvalue weighted by atomic mass is 10.1. The molecule has 0 spiro atoms. The second-order valence-corrected chi connectivity index (χ2v) is 7.62. The summed E-state index contributed by atoms with van der Waals surface area (Å²) >= 11 is 7.48. The maximum atomic E-state index is 12.2. The van der Waals surface area contributed by atoms with Crippen molar-refractivity contribution in [2.45, 2.75) is 27.7 Å². The van der Waals surface area contributed by atoms with E-state index < -0.39 is 0 Å². The van der Waals surface area contributed by atoms with Crippen LogP contribution in [0.5, 0.6) is 5.75 Å². The van der Waals surface area contributed by atoms with Crippen LogP contribution in [0.25, 0.3) is 10.2 Å². The van der Waals surface area contributed by atoms with E-state index in [0.717, 1.165) is 26.9 Å². The van der Waals surface area contributed by atoms with Gasteiger partial charge < -0.3 is 4.74 Å². The summed E-state index contributed by atoms with van der Waals surface area (Å²) in [6, 6.07) is 7.80. The molecule has 130 valence electrons. The third-order valence-corrected chi connectivity index (χ3v) is 4.98. The summed E-state index contributed by atoms with van der Waals surface area (Å²) < 4.78 is 6.75. The molecule has 0 saturated carbocycles. The minimum Gasteiger partial charge on any atom is -0.483 e. The molecule has 0 aliphatic carbocycles.